The summed E-state index contributed by atoms with van der Waals surface area (Å²) in [6, 6.07) is 67.0. The van der Waals surface area contributed by atoms with E-state index in [1.54, 1.807) is 0 Å². The van der Waals surface area contributed by atoms with E-state index in [9.17, 15) is 0 Å². The highest BCUT2D eigenvalue weighted by molar-refractivity contribution is 6.17. The molecule has 1 aromatic heterocycles. The average molecular weight is 666 g/mol. The molecule has 0 saturated heterocycles. The summed E-state index contributed by atoms with van der Waals surface area (Å²) in [4.78, 5) is 2.40. The Morgan fingerprint density at radius 2 is 1.02 bits per heavy atom. The topological polar surface area (TPSA) is 25.6 Å². The quantitative estimate of drug-likeness (QED) is 0.187. The second-order valence-corrected chi connectivity index (χ2v) is 13.6. The molecule has 1 aliphatic heterocycles. The van der Waals surface area contributed by atoms with Crippen molar-refractivity contribution >= 4 is 39.0 Å². The first-order chi connectivity index (χ1) is 25.8. The van der Waals surface area contributed by atoms with Crippen LogP contribution in [-0.4, -0.2) is 0 Å². The van der Waals surface area contributed by atoms with Crippen LogP contribution in [0.4, 0.5) is 17.1 Å². The van der Waals surface area contributed by atoms with Gasteiger partial charge in [0.25, 0.3) is 0 Å². The molecule has 0 radical (unpaired) electrons. The number of para-hydroxylation sites is 4. The number of rotatable bonds is 4. The van der Waals surface area contributed by atoms with Gasteiger partial charge >= 0.3 is 0 Å². The lowest BCUT2D eigenvalue weighted by atomic mass is 9.66. The summed E-state index contributed by atoms with van der Waals surface area (Å²) in [7, 11) is 0. The van der Waals surface area contributed by atoms with Gasteiger partial charge in [0.15, 0.2) is 0 Å². The highest BCUT2D eigenvalue weighted by Gasteiger charge is 2.51. The number of anilines is 3. The lowest BCUT2D eigenvalue weighted by Gasteiger charge is -2.39. The molecular formula is C49H31NO2. The van der Waals surface area contributed by atoms with Gasteiger partial charge in [0.05, 0.1) is 16.5 Å². The highest BCUT2D eigenvalue weighted by Crippen LogP contribution is 2.62. The molecule has 0 N–H and O–H groups in total. The van der Waals surface area contributed by atoms with E-state index in [4.69, 9.17) is 9.15 Å². The first-order valence-electron chi connectivity index (χ1n) is 17.8. The normalized spacial score (nSPS) is 13.3. The van der Waals surface area contributed by atoms with Gasteiger partial charge in [-0.15, -0.1) is 0 Å². The predicted octanol–water partition coefficient (Wildman–Crippen LogP) is 13.2. The Hall–Kier alpha value is -6.84. The molecule has 1 spiro atoms. The third kappa shape index (κ3) is 3.96. The lowest BCUT2D eigenvalue weighted by molar-refractivity contribution is 0.436. The van der Waals surface area contributed by atoms with Crippen LogP contribution in [0.15, 0.2) is 192 Å². The number of nitrogens with zero attached hydrogens (tertiary/aromatic N) is 1. The van der Waals surface area contributed by atoms with Crippen molar-refractivity contribution in [1.82, 2.24) is 0 Å². The fourth-order valence-electron chi connectivity index (χ4n) is 8.83. The number of furan rings is 1. The van der Waals surface area contributed by atoms with Crippen molar-refractivity contribution < 1.29 is 9.15 Å². The van der Waals surface area contributed by atoms with E-state index in [-0.39, 0.29) is 0 Å². The maximum atomic E-state index is 6.74. The zero-order chi connectivity index (χ0) is 34.2. The average Bonchev–Trinajstić information content (AvgIpc) is 3.74. The molecule has 2 aliphatic rings. The van der Waals surface area contributed by atoms with Gasteiger partial charge in [-0.1, -0.05) is 133 Å². The van der Waals surface area contributed by atoms with E-state index in [1.165, 1.54) is 22.3 Å². The minimum absolute atomic E-state index is 0.565. The summed E-state index contributed by atoms with van der Waals surface area (Å²) in [5.41, 5.74) is 13.9. The molecule has 3 nitrogen and oxygen atoms in total. The monoisotopic (exact) mass is 665 g/mol. The van der Waals surface area contributed by atoms with Crippen LogP contribution in [0.2, 0.25) is 0 Å². The fraction of sp³-hybridized carbons (Fsp3) is 0.0204. The molecule has 0 amide bonds. The maximum absolute atomic E-state index is 6.74. The van der Waals surface area contributed by atoms with Gasteiger partial charge < -0.3 is 14.1 Å². The second-order valence-electron chi connectivity index (χ2n) is 13.6. The van der Waals surface area contributed by atoms with E-state index in [0.717, 1.165) is 72.8 Å². The summed E-state index contributed by atoms with van der Waals surface area (Å²) < 4.78 is 13.4. The number of hydrogen-bond acceptors (Lipinski definition) is 3. The first-order valence-corrected chi connectivity index (χ1v) is 17.8. The number of hydrogen-bond donors (Lipinski definition) is 0. The van der Waals surface area contributed by atoms with E-state index < -0.39 is 5.41 Å². The Bertz CT molecular complexity index is 2790. The van der Waals surface area contributed by atoms with Gasteiger partial charge in [-0.3, -0.25) is 0 Å². The molecule has 3 heteroatoms. The number of ether oxygens (including phenoxy) is 1. The SMILES string of the molecule is c1ccc(-c2ccc(N(c3ccccc3)c3ccc4c(c3)C3(c5ccccc5Oc5ccccc53)c3ccccc3-4)c3c2oc2ccccc23)cc1. The van der Waals surface area contributed by atoms with Crippen LogP contribution in [0.25, 0.3) is 44.2 Å². The predicted molar refractivity (Wildman–Crippen MR) is 211 cm³/mol. The number of benzene rings is 8. The standard InChI is InChI=1S/C49H31NO2/c1-3-15-32(16-4-1)35-29-30-43(47-38-20-8-12-24-44(38)52-48(35)47)50(33-17-5-2-6-18-33)34-27-28-37-36-19-7-9-21-39(36)49(42(37)31-34)40-22-10-13-25-45(40)51-46-26-14-11-23-41(46)49/h1-31H. The molecule has 0 atom stereocenters. The van der Waals surface area contributed by atoms with Gasteiger partial charge in [-0.25, -0.2) is 0 Å². The summed E-state index contributed by atoms with van der Waals surface area (Å²) >= 11 is 0. The minimum Gasteiger partial charge on any atom is -0.457 e. The van der Waals surface area contributed by atoms with Crippen LogP contribution in [0.5, 0.6) is 11.5 Å². The maximum Gasteiger partial charge on any atom is 0.145 e. The van der Waals surface area contributed by atoms with E-state index in [1.807, 2.05) is 6.07 Å². The molecule has 8 aromatic carbocycles. The van der Waals surface area contributed by atoms with Crippen LogP contribution in [0.1, 0.15) is 22.3 Å². The Labute approximate surface area is 301 Å². The van der Waals surface area contributed by atoms with E-state index >= 15 is 0 Å². The molecule has 0 fully saturated rings. The van der Waals surface area contributed by atoms with Crippen molar-refractivity contribution in [1.29, 1.82) is 0 Å². The van der Waals surface area contributed by atoms with Crippen molar-refractivity contribution in [2.75, 3.05) is 4.90 Å². The molecule has 52 heavy (non-hydrogen) atoms. The zero-order valence-corrected chi connectivity index (χ0v) is 28.2. The lowest BCUT2D eigenvalue weighted by Crippen LogP contribution is -2.32. The molecule has 11 rings (SSSR count). The van der Waals surface area contributed by atoms with Gasteiger partial charge in [-0.05, 0) is 82.4 Å². The van der Waals surface area contributed by atoms with Gasteiger partial charge in [0.1, 0.15) is 22.7 Å². The van der Waals surface area contributed by atoms with Gasteiger partial charge in [-0.2, -0.15) is 0 Å². The third-order valence-corrected chi connectivity index (χ3v) is 10.9. The Balaban J connectivity index is 1.22. The Kier molecular flexibility index (Phi) is 6.17. The first kappa shape index (κ1) is 28.9. The smallest absolute Gasteiger partial charge is 0.145 e. The van der Waals surface area contributed by atoms with Crippen LogP contribution in [0, 0.1) is 0 Å². The van der Waals surface area contributed by atoms with E-state index in [0.29, 0.717) is 0 Å². The molecule has 9 aromatic rings. The van der Waals surface area contributed by atoms with E-state index in [2.05, 4.69) is 187 Å². The van der Waals surface area contributed by atoms with Crippen molar-refractivity contribution in [3.8, 4) is 33.8 Å². The molecule has 0 saturated carbocycles. The van der Waals surface area contributed by atoms with Crippen LogP contribution < -0.4 is 9.64 Å². The van der Waals surface area contributed by atoms with Gasteiger partial charge in [0, 0.05) is 33.5 Å². The molecule has 244 valence electrons. The summed E-state index contributed by atoms with van der Waals surface area (Å²) in [6.07, 6.45) is 0. The summed E-state index contributed by atoms with van der Waals surface area (Å²) in [5.74, 6) is 1.77. The van der Waals surface area contributed by atoms with Crippen LogP contribution in [-0.2, 0) is 5.41 Å². The molecule has 1 aliphatic carbocycles. The van der Waals surface area contributed by atoms with Crippen LogP contribution >= 0.6 is 0 Å². The summed E-state index contributed by atoms with van der Waals surface area (Å²) in [5, 5.41) is 2.17. The largest absolute Gasteiger partial charge is 0.457 e. The zero-order valence-electron chi connectivity index (χ0n) is 28.2. The van der Waals surface area contributed by atoms with Crippen LogP contribution in [0.3, 0.4) is 0 Å². The molecule has 0 unspecified atom stereocenters. The van der Waals surface area contributed by atoms with Gasteiger partial charge in [0.2, 0.25) is 0 Å². The summed E-state index contributed by atoms with van der Waals surface area (Å²) in [6.45, 7) is 0. The fourth-order valence-corrected chi connectivity index (χ4v) is 8.83. The number of fused-ring (bicyclic) bond motifs is 12. The molecule has 0 bridgehead atoms. The minimum atomic E-state index is -0.565. The Morgan fingerprint density at radius 1 is 0.423 bits per heavy atom. The highest BCUT2D eigenvalue weighted by atomic mass is 16.5. The van der Waals surface area contributed by atoms with Crippen molar-refractivity contribution in [3.63, 3.8) is 0 Å². The Morgan fingerprint density at radius 3 is 1.79 bits per heavy atom. The van der Waals surface area contributed by atoms with Crippen molar-refractivity contribution in [2.45, 2.75) is 5.41 Å². The third-order valence-electron chi connectivity index (χ3n) is 10.9. The van der Waals surface area contributed by atoms with Crippen molar-refractivity contribution in [3.05, 3.63) is 210 Å². The molecule has 2 heterocycles. The molecular weight excluding hydrogens is 635 g/mol. The second kappa shape index (κ2) is 11.1. The van der Waals surface area contributed by atoms with Crippen molar-refractivity contribution in [2.24, 2.45) is 0 Å².